The van der Waals surface area contributed by atoms with Crippen molar-refractivity contribution in [2.45, 2.75) is 17.7 Å². The second-order valence-electron chi connectivity index (χ2n) is 5.00. The number of unbranched alkanes of at least 4 members (excludes halogenated alkanes) is 1. The first-order chi connectivity index (χ1) is 12.1. The third kappa shape index (κ3) is 5.70. The van der Waals surface area contributed by atoms with Gasteiger partial charge in [-0.05, 0) is 30.7 Å². The van der Waals surface area contributed by atoms with Gasteiger partial charge < -0.3 is 4.79 Å². The molecule has 1 N–H and O–H groups in total. The molecule has 0 bridgehead atoms. The van der Waals surface area contributed by atoms with Crippen LogP contribution in [0.4, 0.5) is 5.69 Å². The van der Waals surface area contributed by atoms with Crippen LogP contribution in [-0.4, -0.2) is 23.7 Å². The highest BCUT2D eigenvalue weighted by atomic mass is 32.2. The minimum absolute atomic E-state index is 0.0253. The molecule has 1 amide bonds. The van der Waals surface area contributed by atoms with Gasteiger partial charge in [-0.2, -0.15) is 4.36 Å². The van der Waals surface area contributed by atoms with Crippen LogP contribution < -0.4 is 4.72 Å². The van der Waals surface area contributed by atoms with Crippen molar-refractivity contribution in [2.75, 3.05) is 6.54 Å². The fourth-order valence-corrected chi connectivity index (χ4v) is 3.28. The highest BCUT2D eigenvalue weighted by Crippen LogP contribution is 2.16. The molecule has 0 heterocycles. The van der Waals surface area contributed by atoms with Gasteiger partial charge in [0.2, 0.25) is 0 Å². The summed E-state index contributed by atoms with van der Waals surface area (Å²) in [5.41, 5.74) is 0.444. The van der Waals surface area contributed by atoms with E-state index in [2.05, 4.69) is 9.08 Å². The van der Waals surface area contributed by atoms with Crippen LogP contribution in [0.15, 0.2) is 63.9 Å². The largest absolute Gasteiger partial charge is 0.303 e. The number of benzene rings is 2. The van der Waals surface area contributed by atoms with E-state index in [0.717, 1.165) is 6.29 Å². The third-order valence-corrected chi connectivity index (χ3v) is 4.75. The molecule has 0 aliphatic rings. The molecule has 0 saturated heterocycles. The first-order valence-electron chi connectivity index (χ1n) is 7.59. The van der Waals surface area contributed by atoms with Gasteiger partial charge in [0.25, 0.3) is 11.6 Å². The Hall–Kier alpha value is -2.71. The maximum Gasteiger partial charge on any atom is 0.284 e. The number of non-ortho nitro benzene ring substituents is 1. The minimum Gasteiger partial charge on any atom is -0.303 e. The highest BCUT2D eigenvalue weighted by Gasteiger charge is 2.10. The summed E-state index contributed by atoms with van der Waals surface area (Å²) in [5, 5.41) is 10.8. The number of aldehydes is 1. The van der Waals surface area contributed by atoms with Crippen molar-refractivity contribution in [1.29, 1.82) is 0 Å². The summed E-state index contributed by atoms with van der Waals surface area (Å²) in [7, 11) is -0.956. The lowest BCUT2D eigenvalue weighted by Gasteiger charge is -2.09. The average Bonchev–Trinajstić information content (AvgIpc) is 2.65. The van der Waals surface area contributed by atoms with E-state index in [9.17, 15) is 19.7 Å². The molecule has 0 aromatic heterocycles. The average molecular weight is 359 g/mol. The Morgan fingerprint density at radius 3 is 2.44 bits per heavy atom. The smallest absolute Gasteiger partial charge is 0.284 e. The SMILES string of the molecule is O=CCCCNS(=NC(=O)c1ccccc1)c1ccc([N+](=O)[O-])cc1. The maximum atomic E-state index is 12.3. The number of nitrogens with zero attached hydrogens (tertiary/aromatic N) is 2. The lowest BCUT2D eigenvalue weighted by atomic mass is 10.2. The van der Waals surface area contributed by atoms with Gasteiger partial charge in [0.1, 0.15) is 6.29 Å². The summed E-state index contributed by atoms with van der Waals surface area (Å²) in [5.74, 6) is -0.370. The Balaban J connectivity index is 2.25. The number of nitro benzene ring substituents is 1. The van der Waals surface area contributed by atoms with Crippen molar-refractivity contribution in [3.63, 3.8) is 0 Å². The zero-order chi connectivity index (χ0) is 18.1. The number of nitrogens with one attached hydrogen (secondary N) is 1. The number of nitro groups is 1. The molecule has 0 fully saturated rings. The van der Waals surface area contributed by atoms with Crippen LogP contribution in [0.25, 0.3) is 0 Å². The van der Waals surface area contributed by atoms with Crippen LogP contribution in [0.5, 0.6) is 0 Å². The van der Waals surface area contributed by atoms with Crippen molar-refractivity contribution < 1.29 is 14.5 Å². The molecule has 1 atom stereocenters. The molecule has 8 heteroatoms. The molecule has 0 aliphatic carbocycles. The van der Waals surface area contributed by atoms with Gasteiger partial charge in [0, 0.05) is 46.4 Å². The van der Waals surface area contributed by atoms with Gasteiger partial charge in [-0.3, -0.25) is 19.6 Å². The Morgan fingerprint density at radius 2 is 1.84 bits per heavy atom. The lowest BCUT2D eigenvalue weighted by Crippen LogP contribution is -2.20. The summed E-state index contributed by atoms with van der Waals surface area (Å²) in [6, 6.07) is 14.6. The highest BCUT2D eigenvalue weighted by molar-refractivity contribution is 7.85. The van der Waals surface area contributed by atoms with E-state index in [0.29, 0.717) is 29.8 Å². The summed E-state index contributed by atoms with van der Waals surface area (Å²) >= 11 is 0. The number of amides is 1. The fourth-order valence-electron chi connectivity index (χ4n) is 1.94. The first-order valence-corrected chi connectivity index (χ1v) is 8.77. The number of carbonyl (C=O) groups is 2. The second-order valence-corrected chi connectivity index (χ2v) is 6.51. The predicted molar refractivity (Wildman–Crippen MR) is 95.2 cm³/mol. The van der Waals surface area contributed by atoms with Gasteiger partial charge >= 0.3 is 0 Å². The van der Waals surface area contributed by atoms with Crippen molar-refractivity contribution in [3.05, 3.63) is 70.3 Å². The van der Waals surface area contributed by atoms with Gasteiger partial charge in [0.15, 0.2) is 0 Å². The Morgan fingerprint density at radius 1 is 1.16 bits per heavy atom. The fraction of sp³-hybridized carbons (Fsp3) is 0.176. The predicted octanol–water partition coefficient (Wildman–Crippen LogP) is 3.08. The zero-order valence-corrected chi connectivity index (χ0v) is 14.1. The quantitative estimate of drug-likeness (QED) is 0.338. The van der Waals surface area contributed by atoms with Crippen molar-refractivity contribution in [1.82, 2.24) is 4.72 Å². The van der Waals surface area contributed by atoms with E-state index in [4.69, 9.17) is 0 Å². The van der Waals surface area contributed by atoms with Crippen LogP contribution in [0.1, 0.15) is 23.2 Å². The lowest BCUT2D eigenvalue weighted by molar-refractivity contribution is -0.384. The Kier molecular flexibility index (Phi) is 7.12. The molecule has 130 valence electrons. The van der Waals surface area contributed by atoms with Crippen LogP contribution in [0.3, 0.4) is 0 Å². The van der Waals surface area contributed by atoms with Crippen LogP contribution in [0, 0.1) is 10.1 Å². The molecule has 2 aromatic carbocycles. The first kappa shape index (κ1) is 18.6. The standard InChI is InChI=1S/C17H17N3O4S/c21-13-5-4-12-18-25(16-10-8-15(9-11-16)20(23)24)19-17(22)14-6-2-1-3-7-14/h1-3,6-11,13H,4-5,12H2,(H,18,19,22). The molecular weight excluding hydrogens is 342 g/mol. The van der Waals surface area contributed by atoms with Crippen molar-refractivity contribution in [2.24, 2.45) is 4.36 Å². The van der Waals surface area contributed by atoms with Crippen molar-refractivity contribution in [3.8, 4) is 0 Å². The molecule has 2 aromatic rings. The third-order valence-electron chi connectivity index (χ3n) is 3.20. The molecule has 2 rings (SSSR count). The van der Waals surface area contributed by atoms with E-state index in [1.165, 1.54) is 12.1 Å². The molecule has 0 spiro atoms. The molecule has 0 aliphatic heterocycles. The van der Waals surface area contributed by atoms with E-state index in [1.54, 1.807) is 36.4 Å². The van der Waals surface area contributed by atoms with Gasteiger partial charge in [0.05, 0.1) is 4.92 Å². The molecule has 0 saturated carbocycles. The summed E-state index contributed by atoms with van der Waals surface area (Å²) in [6.45, 7) is 0.504. The summed E-state index contributed by atoms with van der Waals surface area (Å²) < 4.78 is 7.34. The molecular formula is C17H17N3O4S. The molecule has 7 nitrogen and oxygen atoms in total. The van der Waals surface area contributed by atoms with Gasteiger partial charge in [-0.25, -0.2) is 0 Å². The number of hydrogen-bond donors (Lipinski definition) is 1. The summed E-state index contributed by atoms with van der Waals surface area (Å²) in [4.78, 5) is 33.7. The number of rotatable bonds is 8. The van der Waals surface area contributed by atoms with Gasteiger partial charge in [-0.1, -0.05) is 18.2 Å². The van der Waals surface area contributed by atoms with Crippen LogP contribution in [-0.2, 0) is 15.7 Å². The number of hydrogen-bond acceptors (Lipinski definition) is 4. The van der Waals surface area contributed by atoms with Gasteiger partial charge in [-0.15, -0.1) is 0 Å². The van der Waals surface area contributed by atoms with E-state index in [1.807, 2.05) is 6.07 Å². The molecule has 0 radical (unpaired) electrons. The topological polar surface area (TPSA) is 102 Å². The minimum atomic E-state index is -0.956. The second kappa shape index (κ2) is 9.55. The normalized spacial score (nSPS) is 11.8. The zero-order valence-electron chi connectivity index (χ0n) is 13.3. The van der Waals surface area contributed by atoms with Crippen LogP contribution >= 0.6 is 0 Å². The van der Waals surface area contributed by atoms with Crippen molar-refractivity contribution >= 4 is 28.8 Å². The Labute approximate surface area is 147 Å². The van der Waals surface area contributed by atoms with E-state index < -0.39 is 15.8 Å². The van der Waals surface area contributed by atoms with Crippen LogP contribution in [0.2, 0.25) is 0 Å². The monoisotopic (exact) mass is 359 g/mol. The summed E-state index contributed by atoms with van der Waals surface area (Å²) in [6.07, 6.45) is 1.87. The molecule has 25 heavy (non-hydrogen) atoms. The number of carbonyl (C=O) groups excluding carboxylic acids is 2. The Bertz CT molecular complexity index is 776. The molecule has 1 unspecified atom stereocenters. The maximum absolute atomic E-state index is 12.3. The van der Waals surface area contributed by atoms with E-state index in [-0.39, 0.29) is 11.6 Å². The van der Waals surface area contributed by atoms with E-state index >= 15 is 0 Å².